The lowest BCUT2D eigenvalue weighted by atomic mass is 10.1. The minimum absolute atomic E-state index is 0.140. The lowest BCUT2D eigenvalue weighted by Crippen LogP contribution is -2.37. The Bertz CT molecular complexity index is 514. The van der Waals surface area contributed by atoms with Gasteiger partial charge in [0.1, 0.15) is 0 Å². The van der Waals surface area contributed by atoms with Crippen LogP contribution in [0.1, 0.15) is 23.4 Å². The summed E-state index contributed by atoms with van der Waals surface area (Å²) in [6.45, 7) is 3.42. The van der Waals surface area contributed by atoms with Crippen molar-refractivity contribution in [1.29, 1.82) is 0 Å². The van der Waals surface area contributed by atoms with Crippen LogP contribution in [0, 0.1) is 0 Å². The first-order valence-electron chi connectivity index (χ1n) is 6.22. The van der Waals surface area contributed by atoms with Gasteiger partial charge in [-0.2, -0.15) is 16.3 Å². The molecular formula is C12H16N4O2S. The summed E-state index contributed by atoms with van der Waals surface area (Å²) in [7, 11) is 0. The summed E-state index contributed by atoms with van der Waals surface area (Å²) in [5.41, 5.74) is 6.70. The lowest BCUT2D eigenvalue weighted by molar-refractivity contribution is -0.0336. The van der Waals surface area contributed by atoms with E-state index in [1.54, 1.807) is 11.3 Å². The third-order valence-corrected chi connectivity index (χ3v) is 3.82. The molecule has 0 radical (unpaired) electrons. The quantitative estimate of drug-likeness (QED) is 0.905. The Morgan fingerprint density at radius 1 is 1.53 bits per heavy atom. The number of thiophene rings is 1. The summed E-state index contributed by atoms with van der Waals surface area (Å²) < 4.78 is 10.8. The first-order chi connectivity index (χ1) is 9.35. The highest BCUT2D eigenvalue weighted by Crippen LogP contribution is 2.24. The van der Waals surface area contributed by atoms with E-state index >= 15 is 0 Å². The molecule has 2 N–H and O–H groups in total. The van der Waals surface area contributed by atoms with E-state index in [2.05, 4.69) is 31.9 Å². The molecule has 3 rings (SSSR count). The van der Waals surface area contributed by atoms with Gasteiger partial charge >= 0.3 is 0 Å². The Labute approximate surface area is 115 Å². The molecule has 1 fully saturated rings. The highest BCUT2D eigenvalue weighted by molar-refractivity contribution is 7.07. The van der Waals surface area contributed by atoms with Crippen molar-refractivity contribution in [2.45, 2.75) is 19.2 Å². The maximum atomic E-state index is 5.80. The zero-order valence-electron chi connectivity index (χ0n) is 10.5. The van der Waals surface area contributed by atoms with E-state index in [1.165, 1.54) is 5.56 Å². The Morgan fingerprint density at radius 3 is 3.21 bits per heavy atom. The second-order valence-electron chi connectivity index (χ2n) is 4.46. The van der Waals surface area contributed by atoms with E-state index < -0.39 is 0 Å². The number of nitrogens with two attached hydrogens (primary N) is 1. The van der Waals surface area contributed by atoms with Crippen molar-refractivity contribution in [3.05, 3.63) is 34.1 Å². The molecule has 1 atom stereocenters. The second kappa shape index (κ2) is 5.79. The van der Waals surface area contributed by atoms with Crippen LogP contribution >= 0.6 is 11.3 Å². The zero-order chi connectivity index (χ0) is 13.1. The summed E-state index contributed by atoms with van der Waals surface area (Å²) in [4.78, 5) is 6.50. The summed E-state index contributed by atoms with van der Waals surface area (Å²) in [5.74, 6) is 1.17. The number of hydrogen-bond donors (Lipinski definition) is 1. The molecule has 19 heavy (non-hydrogen) atoms. The van der Waals surface area contributed by atoms with E-state index in [0.717, 1.165) is 19.7 Å². The van der Waals surface area contributed by atoms with Crippen LogP contribution in [0.4, 0.5) is 0 Å². The van der Waals surface area contributed by atoms with Crippen LogP contribution < -0.4 is 5.73 Å². The Hall–Kier alpha value is -1.28. The van der Waals surface area contributed by atoms with Gasteiger partial charge in [0.2, 0.25) is 5.89 Å². The lowest BCUT2D eigenvalue weighted by Gasteiger charge is -2.31. The van der Waals surface area contributed by atoms with Crippen LogP contribution in [0.2, 0.25) is 0 Å². The van der Waals surface area contributed by atoms with Crippen LogP contribution in [0.5, 0.6) is 0 Å². The standard InChI is InChI=1S/C12H16N4O2S/c13-5-12-14-11(15-18-12)7-16-2-3-17-10(6-16)9-1-4-19-8-9/h1,4,8,10H,2-3,5-7,13H2. The van der Waals surface area contributed by atoms with Gasteiger partial charge in [0.15, 0.2) is 5.82 Å². The van der Waals surface area contributed by atoms with Crippen molar-refractivity contribution >= 4 is 11.3 Å². The van der Waals surface area contributed by atoms with Crippen molar-refractivity contribution in [3.63, 3.8) is 0 Å². The van der Waals surface area contributed by atoms with Crippen molar-refractivity contribution in [2.24, 2.45) is 5.73 Å². The number of rotatable bonds is 4. The second-order valence-corrected chi connectivity index (χ2v) is 5.24. The molecule has 0 aliphatic carbocycles. The molecule has 1 aliphatic rings. The molecule has 2 aromatic heterocycles. The van der Waals surface area contributed by atoms with Gasteiger partial charge in [0, 0.05) is 13.1 Å². The third-order valence-electron chi connectivity index (χ3n) is 3.12. The fourth-order valence-electron chi connectivity index (χ4n) is 2.14. The number of aromatic nitrogens is 2. The van der Waals surface area contributed by atoms with Crippen molar-refractivity contribution < 1.29 is 9.26 Å². The molecule has 0 saturated carbocycles. The zero-order valence-corrected chi connectivity index (χ0v) is 11.3. The van der Waals surface area contributed by atoms with Crippen LogP contribution in [-0.4, -0.2) is 34.7 Å². The molecule has 102 valence electrons. The van der Waals surface area contributed by atoms with Gasteiger partial charge in [0.25, 0.3) is 0 Å². The predicted octanol–water partition coefficient (Wildman–Crippen LogP) is 1.16. The summed E-state index contributed by atoms with van der Waals surface area (Å²) in [5, 5.41) is 8.13. The van der Waals surface area contributed by atoms with Crippen molar-refractivity contribution in [3.8, 4) is 0 Å². The van der Waals surface area contributed by atoms with Crippen molar-refractivity contribution in [1.82, 2.24) is 15.0 Å². The molecule has 1 unspecified atom stereocenters. The molecule has 0 amide bonds. The van der Waals surface area contributed by atoms with E-state index in [9.17, 15) is 0 Å². The average Bonchev–Trinajstić information content (AvgIpc) is 3.10. The normalized spacial score (nSPS) is 20.8. The van der Waals surface area contributed by atoms with Gasteiger partial charge in [-0.05, 0) is 22.4 Å². The highest BCUT2D eigenvalue weighted by atomic mass is 32.1. The van der Waals surface area contributed by atoms with Crippen LogP contribution in [0.3, 0.4) is 0 Å². The summed E-state index contributed by atoms with van der Waals surface area (Å²) in [6.07, 6.45) is 0.140. The van der Waals surface area contributed by atoms with Crippen LogP contribution in [0.15, 0.2) is 21.3 Å². The minimum Gasteiger partial charge on any atom is -0.371 e. The van der Waals surface area contributed by atoms with E-state index in [0.29, 0.717) is 18.3 Å². The number of hydrogen-bond acceptors (Lipinski definition) is 7. The van der Waals surface area contributed by atoms with E-state index in [4.69, 9.17) is 15.0 Å². The number of ether oxygens (including phenoxy) is 1. The highest BCUT2D eigenvalue weighted by Gasteiger charge is 2.23. The largest absolute Gasteiger partial charge is 0.371 e. The maximum absolute atomic E-state index is 5.80. The topological polar surface area (TPSA) is 77.4 Å². The molecule has 1 saturated heterocycles. The third kappa shape index (κ3) is 3.01. The van der Waals surface area contributed by atoms with E-state index in [-0.39, 0.29) is 12.6 Å². The minimum atomic E-state index is 0.140. The van der Waals surface area contributed by atoms with Crippen molar-refractivity contribution in [2.75, 3.05) is 19.7 Å². The van der Waals surface area contributed by atoms with Crippen LogP contribution in [-0.2, 0) is 17.8 Å². The van der Waals surface area contributed by atoms with Gasteiger partial charge in [-0.15, -0.1) is 0 Å². The monoisotopic (exact) mass is 280 g/mol. The maximum Gasteiger partial charge on any atom is 0.240 e. The molecule has 6 nitrogen and oxygen atoms in total. The fraction of sp³-hybridized carbons (Fsp3) is 0.500. The molecule has 3 heterocycles. The Kier molecular flexibility index (Phi) is 3.88. The van der Waals surface area contributed by atoms with Gasteiger partial charge in [-0.1, -0.05) is 5.16 Å². The fourth-order valence-corrected chi connectivity index (χ4v) is 2.85. The predicted molar refractivity (Wildman–Crippen MR) is 70.5 cm³/mol. The summed E-state index contributed by atoms with van der Waals surface area (Å²) in [6, 6.07) is 2.11. The molecule has 1 aliphatic heterocycles. The SMILES string of the molecule is NCc1nc(CN2CCOC(c3ccsc3)C2)no1. The first kappa shape index (κ1) is 12.7. The summed E-state index contributed by atoms with van der Waals surface area (Å²) >= 11 is 1.69. The average molecular weight is 280 g/mol. The van der Waals surface area contributed by atoms with Gasteiger partial charge < -0.3 is 15.0 Å². The molecular weight excluding hydrogens is 264 g/mol. The van der Waals surface area contributed by atoms with Gasteiger partial charge in [-0.25, -0.2) is 0 Å². The molecule has 2 aromatic rings. The van der Waals surface area contributed by atoms with E-state index in [1.807, 2.05) is 0 Å². The smallest absolute Gasteiger partial charge is 0.240 e. The molecule has 7 heteroatoms. The molecule has 0 bridgehead atoms. The first-order valence-corrected chi connectivity index (χ1v) is 7.17. The van der Waals surface area contributed by atoms with Gasteiger partial charge in [0.05, 0.1) is 25.8 Å². The Morgan fingerprint density at radius 2 is 2.47 bits per heavy atom. The number of morpholine rings is 1. The Balaban J connectivity index is 1.62. The van der Waals surface area contributed by atoms with Gasteiger partial charge in [-0.3, -0.25) is 4.90 Å². The molecule has 0 aromatic carbocycles. The van der Waals surface area contributed by atoms with Crippen LogP contribution in [0.25, 0.3) is 0 Å². The number of nitrogens with zero attached hydrogens (tertiary/aromatic N) is 3. The molecule has 0 spiro atoms.